The first-order valence-corrected chi connectivity index (χ1v) is 11.1. The van der Waals surface area contributed by atoms with Crippen molar-refractivity contribution in [3.63, 3.8) is 0 Å². The van der Waals surface area contributed by atoms with Gasteiger partial charge in [-0.05, 0) is 30.3 Å². The third kappa shape index (κ3) is 5.45. The van der Waals surface area contributed by atoms with Crippen LogP contribution in [0.5, 0.6) is 0 Å². The number of halogens is 3. The Kier molecular flexibility index (Phi) is 7.01. The van der Waals surface area contributed by atoms with E-state index in [1.54, 1.807) is 30.3 Å². The first-order chi connectivity index (χ1) is 14.7. The van der Waals surface area contributed by atoms with Crippen molar-refractivity contribution in [1.29, 1.82) is 0 Å². The minimum atomic E-state index is -4.26. The minimum Gasteiger partial charge on any atom is -0.278 e. The highest BCUT2D eigenvalue weighted by Gasteiger charge is 2.23. The summed E-state index contributed by atoms with van der Waals surface area (Å²) < 4.78 is 28.2. The Labute approximate surface area is 192 Å². The monoisotopic (exact) mass is 498 g/mol. The molecule has 8 nitrogen and oxygen atoms in total. The lowest BCUT2D eigenvalue weighted by atomic mass is 10.2. The molecule has 31 heavy (non-hydrogen) atoms. The highest BCUT2D eigenvalue weighted by atomic mass is 35.5. The SMILES string of the molecule is O=[N+]([O-])c1ccc(N/N=C\c2c(Cl)cccc2Cl)c(S(=O)(=O)Nc2ccccc2Cl)c1. The van der Waals surface area contributed by atoms with Gasteiger partial charge in [0.1, 0.15) is 4.90 Å². The van der Waals surface area contributed by atoms with Crippen LogP contribution in [0, 0.1) is 10.1 Å². The van der Waals surface area contributed by atoms with Crippen LogP contribution in [-0.4, -0.2) is 19.6 Å². The Hall–Kier alpha value is -2.85. The second-order valence-electron chi connectivity index (χ2n) is 6.03. The van der Waals surface area contributed by atoms with Crippen LogP contribution < -0.4 is 10.1 Å². The van der Waals surface area contributed by atoms with Gasteiger partial charge in [0.15, 0.2) is 0 Å². The van der Waals surface area contributed by atoms with Gasteiger partial charge < -0.3 is 0 Å². The summed E-state index contributed by atoms with van der Waals surface area (Å²) in [6, 6.07) is 14.4. The molecule has 0 aliphatic heterocycles. The molecule has 0 saturated heterocycles. The van der Waals surface area contributed by atoms with Crippen molar-refractivity contribution in [2.75, 3.05) is 10.1 Å². The van der Waals surface area contributed by atoms with Crippen LogP contribution in [0.1, 0.15) is 5.56 Å². The first-order valence-electron chi connectivity index (χ1n) is 8.48. The zero-order valence-corrected chi connectivity index (χ0v) is 18.5. The molecule has 0 saturated carbocycles. The van der Waals surface area contributed by atoms with E-state index < -0.39 is 25.5 Å². The number of nitro groups is 1. The number of nitro benzene ring substituents is 1. The van der Waals surface area contributed by atoms with Gasteiger partial charge in [-0.15, -0.1) is 0 Å². The zero-order chi connectivity index (χ0) is 22.6. The van der Waals surface area contributed by atoms with Gasteiger partial charge in [0.2, 0.25) is 0 Å². The van der Waals surface area contributed by atoms with E-state index in [1.807, 2.05) is 0 Å². The predicted molar refractivity (Wildman–Crippen MR) is 123 cm³/mol. The summed E-state index contributed by atoms with van der Waals surface area (Å²) in [7, 11) is -4.26. The summed E-state index contributed by atoms with van der Waals surface area (Å²) in [5, 5.41) is 16.0. The third-order valence-electron chi connectivity index (χ3n) is 3.96. The number of para-hydroxylation sites is 1. The number of sulfonamides is 1. The second-order valence-corrected chi connectivity index (χ2v) is 8.90. The minimum absolute atomic E-state index is 0.00965. The zero-order valence-electron chi connectivity index (χ0n) is 15.4. The Morgan fingerprint density at radius 1 is 0.903 bits per heavy atom. The molecule has 12 heteroatoms. The predicted octanol–water partition coefficient (Wildman–Crippen LogP) is 5.80. The fourth-order valence-corrected chi connectivity index (χ4v) is 4.47. The van der Waals surface area contributed by atoms with E-state index in [4.69, 9.17) is 34.8 Å². The molecule has 160 valence electrons. The quantitative estimate of drug-likeness (QED) is 0.242. The van der Waals surface area contributed by atoms with Gasteiger partial charge in [0, 0.05) is 17.7 Å². The molecule has 0 unspecified atom stereocenters. The van der Waals surface area contributed by atoms with Crippen molar-refractivity contribution in [1.82, 2.24) is 0 Å². The van der Waals surface area contributed by atoms with Crippen LogP contribution in [0.25, 0.3) is 0 Å². The topological polar surface area (TPSA) is 114 Å². The van der Waals surface area contributed by atoms with E-state index in [1.165, 1.54) is 24.4 Å². The smallest absolute Gasteiger partial charge is 0.270 e. The molecule has 0 aliphatic carbocycles. The van der Waals surface area contributed by atoms with Crippen LogP contribution >= 0.6 is 34.8 Å². The number of nitrogens with one attached hydrogen (secondary N) is 2. The number of hydrazone groups is 1. The number of hydrogen-bond donors (Lipinski definition) is 2. The lowest BCUT2D eigenvalue weighted by Crippen LogP contribution is -2.15. The van der Waals surface area contributed by atoms with Gasteiger partial charge in [0.25, 0.3) is 15.7 Å². The van der Waals surface area contributed by atoms with Crippen molar-refractivity contribution in [3.05, 3.63) is 91.4 Å². The molecule has 0 atom stereocenters. The van der Waals surface area contributed by atoms with E-state index in [2.05, 4.69) is 15.2 Å². The maximum Gasteiger partial charge on any atom is 0.270 e. The summed E-state index contributed by atoms with van der Waals surface area (Å²) in [6.07, 6.45) is 1.31. The molecule has 0 aliphatic rings. The Morgan fingerprint density at radius 3 is 2.19 bits per heavy atom. The van der Waals surface area contributed by atoms with E-state index in [0.29, 0.717) is 15.6 Å². The lowest BCUT2D eigenvalue weighted by molar-refractivity contribution is -0.385. The van der Waals surface area contributed by atoms with Crippen molar-refractivity contribution in [3.8, 4) is 0 Å². The van der Waals surface area contributed by atoms with E-state index in [0.717, 1.165) is 12.1 Å². The van der Waals surface area contributed by atoms with Crippen LogP contribution in [-0.2, 0) is 10.0 Å². The van der Waals surface area contributed by atoms with E-state index >= 15 is 0 Å². The molecular weight excluding hydrogens is 487 g/mol. The van der Waals surface area contributed by atoms with Crippen molar-refractivity contribution >= 4 is 68.1 Å². The van der Waals surface area contributed by atoms with Crippen LogP contribution in [0.4, 0.5) is 17.1 Å². The van der Waals surface area contributed by atoms with Gasteiger partial charge in [0.05, 0.1) is 37.6 Å². The third-order valence-corrected chi connectivity index (χ3v) is 6.36. The lowest BCUT2D eigenvalue weighted by Gasteiger charge is -2.13. The van der Waals surface area contributed by atoms with Crippen molar-refractivity contribution < 1.29 is 13.3 Å². The summed E-state index contributed by atoms with van der Waals surface area (Å²) in [6.45, 7) is 0. The fraction of sp³-hybridized carbons (Fsp3) is 0. The van der Waals surface area contributed by atoms with Gasteiger partial charge >= 0.3 is 0 Å². The molecule has 3 rings (SSSR count). The van der Waals surface area contributed by atoms with Crippen LogP contribution in [0.15, 0.2) is 70.7 Å². The molecule has 0 amide bonds. The summed E-state index contributed by atoms with van der Waals surface area (Å²) in [4.78, 5) is 10.1. The molecule has 3 aromatic carbocycles. The number of rotatable bonds is 7. The maximum atomic E-state index is 13.0. The molecule has 0 fully saturated rings. The van der Waals surface area contributed by atoms with Crippen LogP contribution in [0.3, 0.4) is 0 Å². The van der Waals surface area contributed by atoms with Crippen LogP contribution in [0.2, 0.25) is 15.1 Å². The van der Waals surface area contributed by atoms with Crippen molar-refractivity contribution in [2.24, 2.45) is 5.10 Å². The Balaban J connectivity index is 1.99. The summed E-state index contributed by atoms with van der Waals surface area (Å²) in [5.41, 5.74) is 2.68. The molecule has 2 N–H and O–H groups in total. The molecule has 0 bridgehead atoms. The molecule has 0 heterocycles. The first kappa shape index (κ1) is 22.8. The number of hydrogen-bond acceptors (Lipinski definition) is 6. The molecular formula is C19H13Cl3N4O4S. The highest BCUT2D eigenvalue weighted by Crippen LogP contribution is 2.30. The second kappa shape index (κ2) is 9.52. The standard InChI is InChI=1S/C19H13Cl3N4O4S/c20-14-5-3-6-15(21)13(14)11-23-24-18-9-8-12(26(27)28)10-19(18)31(29,30)25-17-7-2-1-4-16(17)22/h1-11,24-25H/b23-11-. The average Bonchev–Trinajstić information content (AvgIpc) is 2.71. The molecule has 3 aromatic rings. The van der Waals surface area contributed by atoms with E-state index in [-0.39, 0.29) is 16.4 Å². The normalized spacial score (nSPS) is 11.5. The molecule has 0 aromatic heterocycles. The van der Waals surface area contributed by atoms with E-state index in [9.17, 15) is 18.5 Å². The largest absolute Gasteiger partial charge is 0.278 e. The summed E-state index contributed by atoms with van der Waals surface area (Å²) in [5.74, 6) is 0. The highest BCUT2D eigenvalue weighted by molar-refractivity contribution is 7.93. The van der Waals surface area contributed by atoms with Gasteiger partial charge in [-0.3, -0.25) is 20.3 Å². The number of benzene rings is 3. The van der Waals surface area contributed by atoms with Gasteiger partial charge in [-0.25, -0.2) is 8.42 Å². The molecule has 0 radical (unpaired) electrons. The Bertz CT molecular complexity index is 1260. The van der Waals surface area contributed by atoms with Crippen molar-refractivity contribution in [2.45, 2.75) is 4.90 Å². The number of nitrogens with zero attached hydrogens (tertiary/aromatic N) is 2. The Morgan fingerprint density at radius 2 is 1.55 bits per heavy atom. The average molecular weight is 500 g/mol. The number of non-ortho nitro benzene ring substituents is 1. The van der Waals surface area contributed by atoms with Gasteiger partial charge in [-0.2, -0.15) is 5.10 Å². The fourth-order valence-electron chi connectivity index (χ4n) is 2.48. The number of anilines is 2. The molecule has 0 spiro atoms. The summed E-state index contributed by atoms with van der Waals surface area (Å²) >= 11 is 18.2. The maximum absolute atomic E-state index is 13.0. The van der Waals surface area contributed by atoms with Gasteiger partial charge in [-0.1, -0.05) is 53.0 Å².